The molecule has 0 spiro atoms. The summed E-state index contributed by atoms with van der Waals surface area (Å²) in [6, 6.07) is 4.95. The normalized spacial score (nSPS) is 11.2. The summed E-state index contributed by atoms with van der Waals surface area (Å²) in [4.78, 5) is 25.0. The molecule has 0 aromatic carbocycles. The van der Waals surface area contributed by atoms with Crippen molar-refractivity contribution >= 4 is 17.8 Å². The average molecular weight is 235 g/mol. The maximum Gasteiger partial charge on any atom is 0.326 e. The first kappa shape index (κ1) is 12.4. The molecule has 0 aliphatic rings. The molecule has 0 aliphatic heterocycles. The minimum atomic E-state index is -1.29. The lowest BCUT2D eigenvalue weighted by molar-refractivity contribution is -0.144. The summed E-state index contributed by atoms with van der Waals surface area (Å²) in [5, 5.41) is 28.4. The fourth-order valence-electron chi connectivity index (χ4n) is 1.13. The molecule has 7 nitrogen and oxygen atoms in total. The number of carboxylic acids is 2. The first-order valence-corrected chi connectivity index (χ1v) is 4.61. The first-order valence-electron chi connectivity index (χ1n) is 4.61. The van der Waals surface area contributed by atoms with Crippen molar-refractivity contribution in [3.05, 3.63) is 23.9 Å². The number of rotatable bonds is 5. The minimum Gasteiger partial charge on any atom is -0.481 e. The molecule has 17 heavy (non-hydrogen) atoms. The zero-order valence-electron chi connectivity index (χ0n) is 8.62. The monoisotopic (exact) mass is 235 g/mol. The zero-order chi connectivity index (χ0) is 12.8. The smallest absolute Gasteiger partial charge is 0.326 e. The van der Waals surface area contributed by atoms with E-state index in [4.69, 9.17) is 15.5 Å². The third-order valence-corrected chi connectivity index (χ3v) is 1.86. The number of nitrogens with one attached hydrogen (secondary N) is 1. The molecule has 1 atom stereocenters. The third-order valence-electron chi connectivity index (χ3n) is 1.86. The molecule has 0 saturated carbocycles. The quantitative estimate of drug-likeness (QED) is 0.670. The second-order valence-corrected chi connectivity index (χ2v) is 3.15. The predicted molar refractivity (Wildman–Crippen MR) is 56.3 cm³/mol. The molecule has 0 saturated heterocycles. The summed E-state index contributed by atoms with van der Waals surface area (Å²) in [5.74, 6) is -2.38. The number of pyridine rings is 1. The van der Waals surface area contributed by atoms with Crippen molar-refractivity contribution in [3.63, 3.8) is 0 Å². The van der Waals surface area contributed by atoms with Gasteiger partial charge >= 0.3 is 11.9 Å². The Labute approximate surface area is 96.3 Å². The van der Waals surface area contributed by atoms with Gasteiger partial charge in [0.15, 0.2) is 0 Å². The highest BCUT2D eigenvalue weighted by Gasteiger charge is 2.21. The summed E-state index contributed by atoms with van der Waals surface area (Å²) in [6.45, 7) is 0. The molecule has 0 aliphatic carbocycles. The van der Waals surface area contributed by atoms with Crippen LogP contribution in [0, 0.1) is 11.3 Å². The van der Waals surface area contributed by atoms with Gasteiger partial charge < -0.3 is 15.5 Å². The predicted octanol–water partition coefficient (Wildman–Crippen LogP) is 0.293. The van der Waals surface area contributed by atoms with Crippen LogP contribution in [-0.2, 0) is 9.59 Å². The highest BCUT2D eigenvalue weighted by Crippen LogP contribution is 2.08. The van der Waals surface area contributed by atoms with Crippen molar-refractivity contribution in [2.45, 2.75) is 12.5 Å². The van der Waals surface area contributed by atoms with Crippen molar-refractivity contribution in [1.82, 2.24) is 4.98 Å². The van der Waals surface area contributed by atoms with Crippen LogP contribution in [0.5, 0.6) is 0 Å². The molecule has 0 radical (unpaired) electrons. The van der Waals surface area contributed by atoms with Crippen LogP contribution in [-0.4, -0.2) is 33.2 Å². The Bertz CT molecular complexity index is 481. The average Bonchev–Trinajstić information content (AvgIpc) is 2.27. The van der Waals surface area contributed by atoms with Gasteiger partial charge in [0.2, 0.25) is 0 Å². The van der Waals surface area contributed by atoms with Gasteiger partial charge in [0, 0.05) is 0 Å². The van der Waals surface area contributed by atoms with Gasteiger partial charge in [-0.3, -0.25) is 4.79 Å². The lowest BCUT2D eigenvalue weighted by atomic mass is 10.2. The maximum atomic E-state index is 10.8. The van der Waals surface area contributed by atoms with Crippen molar-refractivity contribution in [1.29, 1.82) is 5.26 Å². The van der Waals surface area contributed by atoms with Crippen molar-refractivity contribution in [3.8, 4) is 6.07 Å². The van der Waals surface area contributed by atoms with E-state index in [0.717, 1.165) is 0 Å². The molecule has 1 rings (SSSR count). The fourth-order valence-corrected chi connectivity index (χ4v) is 1.13. The summed E-state index contributed by atoms with van der Waals surface area (Å²) in [6.07, 6.45) is -0.576. The zero-order valence-corrected chi connectivity index (χ0v) is 8.62. The van der Waals surface area contributed by atoms with E-state index in [1.165, 1.54) is 18.2 Å². The lowest BCUT2D eigenvalue weighted by Crippen LogP contribution is -2.32. The van der Waals surface area contributed by atoms with E-state index in [2.05, 4.69) is 10.3 Å². The Hall–Kier alpha value is -2.62. The Morgan fingerprint density at radius 2 is 2.18 bits per heavy atom. The molecule has 1 unspecified atom stereocenters. The Morgan fingerprint density at radius 1 is 1.47 bits per heavy atom. The summed E-state index contributed by atoms with van der Waals surface area (Å²) < 4.78 is 0. The van der Waals surface area contributed by atoms with E-state index >= 15 is 0 Å². The fraction of sp³-hybridized carbons (Fsp3) is 0.200. The van der Waals surface area contributed by atoms with E-state index in [-0.39, 0.29) is 11.5 Å². The van der Waals surface area contributed by atoms with Crippen molar-refractivity contribution < 1.29 is 19.8 Å². The summed E-state index contributed by atoms with van der Waals surface area (Å²) >= 11 is 0. The van der Waals surface area contributed by atoms with Crippen LogP contribution < -0.4 is 5.32 Å². The molecule has 1 heterocycles. The Morgan fingerprint density at radius 3 is 2.71 bits per heavy atom. The van der Waals surface area contributed by atoms with E-state index in [1.54, 1.807) is 6.07 Å². The van der Waals surface area contributed by atoms with Gasteiger partial charge in [-0.1, -0.05) is 6.07 Å². The van der Waals surface area contributed by atoms with Gasteiger partial charge in [-0.05, 0) is 12.1 Å². The maximum absolute atomic E-state index is 10.8. The first-order chi connectivity index (χ1) is 8.02. The van der Waals surface area contributed by atoms with Crippen LogP contribution in [0.2, 0.25) is 0 Å². The Balaban J connectivity index is 2.82. The number of anilines is 1. The number of nitrogens with zero attached hydrogens (tertiary/aromatic N) is 2. The number of hydrogen-bond donors (Lipinski definition) is 3. The van der Waals surface area contributed by atoms with E-state index in [1.807, 2.05) is 0 Å². The number of aliphatic carboxylic acids is 2. The number of carbonyl (C=O) groups is 2. The number of carboxylic acid groups (broad SMARTS) is 2. The van der Waals surface area contributed by atoms with Crippen LogP contribution >= 0.6 is 0 Å². The molecular formula is C10H9N3O4. The number of hydrogen-bond acceptors (Lipinski definition) is 5. The van der Waals surface area contributed by atoms with Gasteiger partial charge in [-0.25, -0.2) is 9.78 Å². The van der Waals surface area contributed by atoms with E-state index in [9.17, 15) is 9.59 Å². The number of nitriles is 1. The second kappa shape index (κ2) is 5.46. The molecule has 0 fully saturated rings. The summed E-state index contributed by atoms with van der Waals surface area (Å²) in [5.41, 5.74) is 0.120. The highest BCUT2D eigenvalue weighted by atomic mass is 16.4. The standard InChI is InChI=1S/C10H9N3O4/c11-5-6-2-1-3-8(12-6)13-7(10(16)17)4-9(14)15/h1-3,7H,4H2,(H,12,13)(H,14,15)(H,16,17). The van der Waals surface area contributed by atoms with Gasteiger partial charge in [-0.15, -0.1) is 0 Å². The Kier molecular flexibility index (Phi) is 4.00. The highest BCUT2D eigenvalue weighted by molar-refractivity contribution is 5.83. The van der Waals surface area contributed by atoms with E-state index < -0.39 is 24.4 Å². The van der Waals surface area contributed by atoms with Gasteiger partial charge in [0.05, 0.1) is 6.42 Å². The molecule has 0 amide bonds. The minimum absolute atomic E-state index is 0.120. The third kappa shape index (κ3) is 3.79. The molecule has 1 aromatic rings. The second-order valence-electron chi connectivity index (χ2n) is 3.15. The topological polar surface area (TPSA) is 123 Å². The molecule has 88 valence electrons. The van der Waals surface area contributed by atoms with Crippen LogP contribution in [0.15, 0.2) is 18.2 Å². The van der Waals surface area contributed by atoms with Crippen LogP contribution in [0.25, 0.3) is 0 Å². The molecule has 1 aromatic heterocycles. The van der Waals surface area contributed by atoms with Crippen LogP contribution in [0.3, 0.4) is 0 Å². The molecule has 0 bridgehead atoms. The summed E-state index contributed by atoms with van der Waals surface area (Å²) in [7, 11) is 0. The molecule has 3 N–H and O–H groups in total. The van der Waals surface area contributed by atoms with Gasteiger partial charge in [0.25, 0.3) is 0 Å². The van der Waals surface area contributed by atoms with Gasteiger partial charge in [0.1, 0.15) is 23.6 Å². The van der Waals surface area contributed by atoms with Crippen LogP contribution in [0.4, 0.5) is 5.82 Å². The largest absolute Gasteiger partial charge is 0.481 e. The SMILES string of the molecule is N#Cc1cccc(NC(CC(=O)O)C(=O)O)n1. The molecular weight excluding hydrogens is 226 g/mol. The number of aromatic nitrogens is 1. The van der Waals surface area contributed by atoms with Crippen molar-refractivity contribution in [2.75, 3.05) is 5.32 Å². The lowest BCUT2D eigenvalue weighted by Gasteiger charge is -2.12. The van der Waals surface area contributed by atoms with Crippen molar-refractivity contribution in [2.24, 2.45) is 0 Å². The van der Waals surface area contributed by atoms with Crippen LogP contribution in [0.1, 0.15) is 12.1 Å². The van der Waals surface area contributed by atoms with Gasteiger partial charge in [-0.2, -0.15) is 5.26 Å². The van der Waals surface area contributed by atoms with E-state index in [0.29, 0.717) is 0 Å². The molecule has 7 heteroatoms.